The Hall–Kier alpha value is -2.35. The number of hydrazone groups is 1. The number of methoxy groups -OCH3 is 1. The van der Waals surface area contributed by atoms with Gasteiger partial charge in [-0.2, -0.15) is 5.10 Å². The van der Waals surface area contributed by atoms with E-state index in [-0.39, 0.29) is 11.4 Å². The summed E-state index contributed by atoms with van der Waals surface area (Å²) >= 11 is 3.20. The summed E-state index contributed by atoms with van der Waals surface area (Å²) in [6.07, 6.45) is 1.41. The molecule has 1 heterocycles. The number of nitrogens with zero attached hydrogens (tertiary/aromatic N) is 2. The molecule has 0 aliphatic carbocycles. The van der Waals surface area contributed by atoms with Crippen LogP contribution in [-0.2, 0) is 0 Å². The summed E-state index contributed by atoms with van der Waals surface area (Å²) in [5.41, 5.74) is 3.10. The highest BCUT2D eigenvalue weighted by Crippen LogP contribution is 2.34. The van der Waals surface area contributed by atoms with Crippen LogP contribution < -0.4 is 10.2 Å². The van der Waals surface area contributed by atoms with E-state index in [0.717, 1.165) is 0 Å². The van der Waals surface area contributed by atoms with Gasteiger partial charge in [0.25, 0.3) is 5.91 Å². The van der Waals surface area contributed by atoms with Crippen LogP contribution in [0.1, 0.15) is 21.8 Å². The first-order valence-electron chi connectivity index (χ1n) is 5.84. The highest BCUT2D eigenvalue weighted by atomic mass is 79.9. The van der Waals surface area contributed by atoms with Crippen molar-refractivity contribution in [1.29, 1.82) is 0 Å². The minimum absolute atomic E-state index is 0.00300. The van der Waals surface area contributed by atoms with E-state index < -0.39 is 5.91 Å². The lowest BCUT2D eigenvalue weighted by Crippen LogP contribution is -2.17. The minimum Gasteiger partial charge on any atom is -0.503 e. The van der Waals surface area contributed by atoms with E-state index in [0.29, 0.717) is 21.5 Å². The van der Waals surface area contributed by atoms with E-state index in [2.05, 4.69) is 31.6 Å². The minimum atomic E-state index is -0.479. The number of rotatable bonds is 4. The Morgan fingerprint density at radius 3 is 2.90 bits per heavy atom. The van der Waals surface area contributed by atoms with Gasteiger partial charge in [-0.15, -0.1) is 0 Å². The number of aromatic nitrogens is 1. The van der Waals surface area contributed by atoms with E-state index in [9.17, 15) is 9.90 Å². The van der Waals surface area contributed by atoms with Crippen LogP contribution in [0, 0.1) is 6.92 Å². The molecule has 0 spiro atoms. The number of nitrogens with one attached hydrogen (secondary N) is 1. The van der Waals surface area contributed by atoms with E-state index >= 15 is 0 Å². The summed E-state index contributed by atoms with van der Waals surface area (Å²) in [5, 5.41) is 17.1. The van der Waals surface area contributed by atoms with Crippen molar-refractivity contribution in [1.82, 2.24) is 10.6 Å². The van der Waals surface area contributed by atoms with Crippen molar-refractivity contribution in [3.05, 3.63) is 39.7 Å². The third-order valence-corrected chi connectivity index (χ3v) is 3.12. The number of phenolic OH excluding ortho intramolecular Hbond substituents is 1. The SMILES string of the molecule is COc1cc(C=NNC(=O)c2cc(C)on2)cc(Br)c1O. The molecular weight excluding hydrogens is 342 g/mol. The number of ether oxygens (including phenoxy) is 1. The van der Waals surface area contributed by atoms with Gasteiger partial charge in [-0.05, 0) is 40.5 Å². The predicted octanol–water partition coefficient (Wildman–Crippen LogP) is 2.22. The van der Waals surface area contributed by atoms with Gasteiger partial charge in [0.2, 0.25) is 0 Å². The molecule has 21 heavy (non-hydrogen) atoms. The first-order chi connectivity index (χ1) is 10.0. The monoisotopic (exact) mass is 353 g/mol. The maximum Gasteiger partial charge on any atom is 0.293 e. The molecule has 0 radical (unpaired) electrons. The van der Waals surface area contributed by atoms with E-state index in [1.807, 2.05) is 0 Å². The molecule has 110 valence electrons. The molecule has 0 unspecified atom stereocenters. The Bertz CT molecular complexity index is 697. The quantitative estimate of drug-likeness (QED) is 0.648. The number of hydrogen-bond acceptors (Lipinski definition) is 6. The van der Waals surface area contributed by atoms with Crippen LogP contribution in [-0.4, -0.2) is 29.5 Å². The number of amides is 1. The smallest absolute Gasteiger partial charge is 0.293 e. The highest BCUT2D eigenvalue weighted by Gasteiger charge is 2.10. The molecule has 0 aliphatic heterocycles. The lowest BCUT2D eigenvalue weighted by molar-refractivity contribution is 0.0946. The molecule has 2 rings (SSSR count). The van der Waals surface area contributed by atoms with Crippen molar-refractivity contribution in [2.24, 2.45) is 5.10 Å². The first-order valence-corrected chi connectivity index (χ1v) is 6.63. The van der Waals surface area contributed by atoms with Crippen LogP contribution in [0.25, 0.3) is 0 Å². The maximum atomic E-state index is 11.7. The van der Waals surface area contributed by atoms with Gasteiger partial charge in [-0.1, -0.05) is 5.16 Å². The molecule has 8 heteroatoms. The van der Waals surface area contributed by atoms with Crippen LogP contribution in [0.2, 0.25) is 0 Å². The molecule has 2 aromatic rings. The van der Waals surface area contributed by atoms with Crippen molar-refractivity contribution < 1.29 is 19.2 Å². The summed E-state index contributed by atoms with van der Waals surface area (Å²) in [7, 11) is 1.44. The zero-order chi connectivity index (χ0) is 15.4. The van der Waals surface area contributed by atoms with Gasteiger partial charge in [-0.3, -0.25) is 4.79 Å². The van der Waals surface area contributed by atoms with E-state index in [1.165, 1.54) is 19.4 Å². The van der Waals surface area contributed by atoms with Crippen molar-refractivity contribution in [3.8, 4) is 11.5 Å². The molecule has 0 fully saturated rings. The Kier molecular flexibility index (Phi) is 4.59. The molecule has 0 saturated carbocycles. The highest BCUT2D eigenvalue weighted by molar-refractivity contribution is 9.10. The first kappa shape index (κ1) is 15.0. The molecule has 1 aromatic heterocycles. The van der Waals surface area contributed by atoms with Crippen molar-refractivity contribution >= 4 is 28.1 Å². The lowest BCUT2D eigenvalue weighted by atomic mass is 10.2. The summed E-state index contributed by atoms with van der Waals surface area (Å²) in [6, 6.07) is 4.72. The topological polar surface area (TPSA) is 97.0 Å². The fraction of sp³-hybridized carbons (Fsp3) is 0.154. The van der Waals surface area contributed by atoms with Gasteiger partial charge in [0.15, 0.2) is 17.2 Å². The van der Waals surface area contributed by atoms with Crippen LogP contribution in [0.15, 0.2) is 32.3 Å². The summed E-state index contributed by atoms with van der Waals surface area (Å²) in [4.78, 5) is 11.7. The molecule has 2 N–H and O–H groups in total. The Balaban J connectivity index is 2.08. The molecule has 7 nitrogen and oxygen atoms in total. The number of benzene rings is 1. The average molecular weight is 354 g/mol. The maximum absolute atomic E-state index is 11.7. The lowest BCUT2D eigenvalue weighted by Gasteiger charge is -2.06. The van der Waals surface area contributed by atoms with Crippen molar-refractivity contribution in [3.63, 3.8) is 0 Å². The van der Waals surface area contributed by atoms with Gasteiger partial charge >= 0.3 is 0 Å². The third kappa shape index (κ3) is 3.60. The molecule has 1 amide bonds. The van der Waals surface area contributed by atoms with Gasteiger partial charge in [-0.25, -0.2) is 5.43 Å². The third-order valence-electron chi connectivity index (χ3n) is 2.51. The summed E-state index contributed by atoms with van der Waals surface area (Å²) in [6.45, 7) is 1.69. The Morgan fingerprint density at radius 2 is 2.29 bits per heavy atom. The molecule has 0 bridgehead atoms. The van der Waals surface area contributed by atoms with Crippen LogP contribution in [0.5, 0.6) is 11.5 Å². The number of phenols is 1. The Morgan fingerprint density at radius 1 is 1.52 bits per heavy atom. The van der Waals surface area contributed by atoms with E-state index in [1.54, 1.807) is 19.1 Å². The Labute approximate surface area is 128 Å². The zero-order valence-electron chi connectivity index (χ0n) is 11.3. The van der Waals surface area contributed by atoms with Crippen LogP contribution in [0.3, 0.4) is 0 Å². The van der Waals surface area contributed by atoms with Gasteiger partial charge < -0.3 is 14.4 Å². The predicted molar refractivity (Wildman–Crippen MR) is 78.7 cm³/mol. The van der Waals surface area contributed by atoms with Gasteiger partial charge in [0, 0.05) is 6.07 Å². The second-order valence-corrected chi connectivity index (χ2v) is 4.93. The standard InChI is InChI=1S/C13H12BrN3O4/c1-7-3-10(17-21-7)13(19)16-15-6-8-4-9(14)12(18)11(5-8)20-2/h3-6,18H,1-2H3,(H,16,19). The number of hydrogen-bond donors (Lipinski definition) is 2. The number of carbonyl (C=O) groups excluding carboxylic acids is 1. The molecule has 0 aliphatic rings. The van der Waals surface area contributed by atoms with Crippen LogP contribution in [0.4, 0.5) is 0 Å². The number of aromatic hydroxyl groups is 1. The van der Waals surface area contributed by atoms with Crippen molar-refractivity contribution in [2.45, 2.75) is 6.92 Å². The normalized spacial score (nSPS) is 10.8. The fourth-order valence-corrected chi connectivity index (χ4v) is 1.98. The molecular formula is C13H12BrN3O4. The second-order valence-electron chi connectivity index (χ2n) is 4.08. The van der Waals surface area contributed by atoms with Gasteiger partial charge in [0.05, 0.1) is 17.8 Å². The van der Waals surface area contributed by atoms with Gasteiger partial charge in [0.1, 0.15) is 5.76 Å². The fourth-order valence-electron chi connectivity index (χ4n) is 1.52. The molecule has 0 atom stereocenters. The summed E-state index contributed by atoms with van der Waals surface area (Å²) < 4.78 is 10.3. The molecule has 0 saturated heterocycles. The number of aryl methyl sites for hydroxylation is 1. The average Bonchev–Trinajstić information content (AvgIpc) is 2.89. The van der Waals surface area contributed by atoms with Crippen molar-refractivity contribution in [2.75, 3.05) is 7.11 Å². The zero-order valence-corrected chi connectivity index (χ0v) is 12.8. The number of halogens is 1. The molecule has 1 aromatic carbocycles. The summed E-state index contributed by atoms with van der Waals surface area (Å²) in [5.74, 6) is 0.352. The largest absolute Gasteiger partial charge is 0.503 e. The number of carbonyl (C=O) groups is 1. The van der Waals surface area contributed by atoms with Crippen LogP contribution >= 0.6 is 15.9 Å². The second kappa shape index (κ2) is 6.40. The van der Waals surface area contributed by atoms with E-state index in [4.69, 9.17) is 9.26 Å².